The summed E-state index contributed by atoms with van der Waals surface area (Å²) in [6, 6.07) is 10.8. The van der Waals surface area contributed by atoms with Gasteiger partial charge in [-0.2, -0.15) is 0 Å². The van der Waals surface area contributed by atoms with Crippen molar-refractivity contribution in [2.75, 3.05) is 0 Å². The third-order valence-corrected chi connectivity index (χ3v) is 6.48. The van der Waals surface area contributed by atoms with Crippen LogP contribution in [0.2, 0.25) is 10.0 Å². The van der Waals surface area contributed by atoms with E-state index in [2.05, 4.69) is 16.9 Å². The molecule has 0 amide bonds. The van der Waals surface area contributed by atoms with Crippen LogP contribution in [0.3, 0.4) is 0 Å². The van der Waals surface area contributed by atoms with Gasteiger partial charge in [-0.15, -0.1) is 0 Å². The fraction of sp³-hybridized carbons (Fsp3) is 0.333. The van der Waals surface area contributed by atoms with Crippen molar-refractivity contribution in [2.45, 2.75) is 38.0 Å². The second-order valence-electron chi connectivity index (χ2n) is 6.23. The number of nitrogens with one attached hydrogen (secondary N) is 1. The predicted octanol–water partition coefficient (Wildman–Crippen LogP) is 4.66. The van der Waals surface area contributed by atoms with Crippen LogP contribution >= 0.6 is 23.2 Å². The second kappa shape index (κ2) is 7.04. The summed E-state index contributed by atoms with van der Waals surface area (Å²) in [4.78, 5) is 0. The molecule has 1 aliphatic carbocycles. The summed E-state index contributed by atoms with van der Waals surface area (Å²) in [5, 5.41) is 0.772. The van der Waals surface area contributed by atoms with Gasteiger partial charge in [0, 0.05) is 6.04 Å². The van der Waals surface area contributed by atoms with Gasteiger partial charge in [0.15, 0.2) is 0 Å². The van der Waals surface area contributed by atoms with Gasteiger partial charge in [0.1, 0.15) is 0 Å². The molecule has 0 radical (unpaired) electrons. The first kappa shape index (κ1) is 17.7. The van der Waals surface area contributed by atoms with Gasteiger partial charge in [0.25, 0.3) is 0 Å². The Hall–Kier alpha value is -1.07. The van der Waals surface area contributed by atoms with Crippen molar-refractivity contribution in [1.29, 1.82) is 0 Å². The minimum atomic E-state index is -3.48. The number of halogens is 2. The number of aryl methyl sites for hydroxylation is 2. The van der Waals surface area contributed by atoms with Crippen LogP contribution in [-0.4, -0.2) is 8.42 Å². The smallest absolute Gasteiger partial charge is 0.212 e. The average molecular weight is 384 g/mol. The molecule has 24 heavy (non-hydrogen) atoms. The van der Waals surface area contributed by atoms with Crippen LogP contribution in [-0.2, 0) is 28.6 Å². The Labute approximate surface area is 153 Å². The standard InChI is InChI=1S/C18H19Cl2NO2S/c1-12(15-7-6-14-3-2-4-16(14)10-15)21-24(22,23)11-13-5-8-17(19)18(20)9-13/h5-10,12,21H,2-4,11H2,1H3. The normalized spacial score (nSPS) is 15.3. The van der Waals surface area contributed by atoms with Crippen molar-refractivity contribution in [2.24, 2.45) is 0 Å². The first-order valence-corrected chi connectivity index (χ1v) is 10.3. The van der Waals surface area contributed by atoms with E-state index in [1.807, 2.05) is 13.0 Å². The van der Waals surface area contributed by atoms with Crippen LogP contribution < -0.4 is 4.72 Å². The molecule has 0 aromatic heterocycles. The molecule has 0 saturated heterocycles. The number of hydrogen-bond donors (Lipinski definition) is 1. The molecule has 1 N–H and O–H groups in total. The van der Waals surface area contributed by atoms with Crippen LogP contribution in [0.5, 0.6) is 0 Å². The lowest BCUT2D eigenvalue weighted by atomic mass is 10.0. The van der Waals surface area contributed by atoms with E-state index in [-0.39, 0.29) is 11.8 Å². The highest BCUT2D eigenvalue weighted by Gasteiger charge is 2.19. The average Bonchev–Trinajstić information content (AvgIpc) is 2.97. The zero-order valence-corrected chi connectivity index (χ0v) is 15.7. The van der Waals surface area contributed by atoms with Crippen LogP contribution in [0.1, 0.15) is 41.6 Å². The summed E-state index contributed by atoms with van der Waals surface area (Å²) in [7, 11) is -3.48. The highest BCUT2D eigenvalue weighted by atomic mass is 35.5. The second-order valence-corrected chi connectivity index (χ2v) is 8.80. The van der Waals surface area contributed by atoms with Gasteiger partial charge in [-0.05, 0) is 60.6 Å². The Morgan fingerprint density at radius 2 is 1.79 bits per heavy atom. The Balaban J connectivity index is 1.72. The number of benzene rings is 2. The first-order valence-electron chi connectivity index (χ1n) is 7.90. The van der Waals surface area contributed by atoms with E-state index < -0.39 is 10.0 Å². The molecule has 0 heterocycles. The molecule has 0 spiro atoms. The number of rotatable bonds is 5. The summed E-state index contributed by atoms with van der Waals surface area (Å²) in [5.41, 5.74) is 4.32. The van der Waals surface area contributed by atoms with Gasteiger partial charge >= 0.3 is 0 Å². The van der Waals surface area contributed by atoms with Crippen molar-refractivity contribution in [3.63, 3.8) is 0 Å². The van der Waals surface area contributed by atoms with Gasteiger partial charge in [-0.3, -0.25) is 0 Å². The number of fused-ring (bicyclic) bond motifs is 1. The van der Waals surface area contributed by atoms with Crippen LogP contribution in [0, 0.1) is 0 Å². The largest absolute Gasteiger partial charge is 0.216 e. The first-order chi connectivity index (χ1) is 11.3. The molecule has 0 bridgehead atoms. The molecule has 3 nitrogen and oxygen atoms in total. The zero-order valence-electron chi connectivity index (χ0n) is 13.4. The zero-order chi connectivity index (χ0) is 17.3. The van der Waals surface area contributed by atoms with Gasteiger partial charge < -0.3 is 0 Å². The summed E-state index contributed by atoms with van der Waals surface area (Å²) < 4.78 is 27.6. The van der Waals surface area contributed by atoms with E-state index in [1.54, 1.807) is 18.2 Å². The van der Waals surface area contributed by atoms with Crippen molar-refractivity contribution in [3.05, 3.63) is 68.7 Å². The Morgan fingerprint density at radius 1 is 1.04 bits per heavy atom. The molecule has 1 unspecified atom stereocenters. The van der Waals surface area contributed by atoms with Crippen LogP contribution in [0.25, 0.3) is 0 Å². The topological polar surface area (TPSA) is 46.2 Å². The summed E-state index contributed by atoms with van der Waals surface area (Å²) in [5.74, 6) is -0.126. The van der Waals surface area contributed by atoms with Crippen LogP contribution in [0.4, 0.5) is 0 Å². The van der Waals surface area contributed by atoms with E-state index in [1.165, 1.54) is 17.5 Å². The molecule has 1 aliphatic rings. The minimum Gasteiger partial charge on any atom is -0.212 e. The van der Waals surface area contributed by atoms with Gasteiger partial charge in [-0.1, -0.05) is 47.5 Å². The lowest BCUT2D eigenvalue weighted by Crippen LogP contribution is -2.28. The molecular weight excluding hydrogens is 365 g/mol. The van der Waals surface area contributed by atoms with Gasteiger partial charge in [0.05, 0.1) is 15.8 Å². The molecule has 128 valence electrons. The molecule has 2 aromatic rings. The van der Waals surface area contributed by atoms with Crippen molar-refractivity contribution in [1.82, 2.24) is 4.72 Å². The van der Waals surface area contributed by atoms with E-state index in [9.17, 15) is 8.42 Å². The summed E-state index contributed by atoms with van der Waals surface area (Å²) in [6.07, 6.45) is 3.37. The van der Waals surface area contributed by atoms with E-state index in [0.717, 1.165) is 18.4 Å². The lowest BCUT2D eigenvalue weighted by Gasteiger charge is -2.16. The van der Waals surface area contributed by atoms with Crippen LogP contribution in [0.15, 0.2) is 36.4 Å². The third-order valence-electron chi connectivity index (χ3n) is 4.32. The number of hydrogen-bond acceptors (Lipinski definition) is 2. The molecular formula is C18H19Cl2NO2S. The molecule has 6 heteroatoms. The predicted molar refractivity (Wildman–Crippen MR) is 99.1 cm³/mol. The highest BCUT2D eigenvalue weighted by Crippen LogP contribution is 2.26. The molecule has 0 fully saturated rings. The molecule has 3 rings (SSSR count). The van der Waals surface area contributed by atoms with Gasteiger partial charge in [-0.25, -0.2) is 13.1 Å². The fourth-order valence-electron chi connectivity index (χ4n) is 3.09. The molecule has 0 aliphatic heterocycles. The molecule has 2 aromatic carbocycles. The number of sulfonamides is 1. The fourth-order valence-corrected chi connectivity index (χ4v) is 4.79. The minimum absolute atomic E-state index is 0.126. The maximum absolute atomic E-state index is 12.4. The molecule has 1 atom stereocenters. The summed E-state index contributed by atoms with van der Waals surface area (Å²) in [6.45, 7) is 1.86. The Morgan fingerprint density at radius 3 is 2.54 bits per heavy atom. The molecule has 0 saturated carbocycles. The van der Waals surface area contributed by atoms with Crippen molar-refractivity contribution in [3.8, 4) is 0 Å². The maximum atomic E-state index is 12.4. The SMILES string of the molecule is CC(NS(=O)(=O)Cc1ccc(Cl)c(Cl)c1)c1ccc2c(c1)CCC2. The van der Waals surface area contributed by atoms with E-state index in [4.69, 9.17) is 23.2 Å². The van der Waals surface area contributed by atoms with Gasteiger partial charge in [0.2, 0.25) is 10.0 Å². The summed E-state index contributed by atoms with van der Waals surface area (Å²) >= 11 is 11.8. The Bertz CT molecular complexity index is 865. The van der Waals surface area contributed by atoms with Crippen molar-refractivity contribution < 1.29 is 8.42 Å². The quantitative estimate of drug-likeness (QED) is 0.815. The van der Waals surface area contributed by atoms with E-state index in [0.29, 0.717) is 15.6 Å². The van der Waals surface area contributed by atoms with E-state index >= 15 is 0 Å². The lowest BCUT2D eigenvalue weighted by molar-refractivity contribution is 0.566. The maximum Gasteiger partial charge on any atom is 0.216 e. The van der Waals surface area contributed by atoms with Crippen molar-refractivity contribution >= 4 is 33.2 Å². The highest BCUT2D eigenvalue weighted by molar-refractivity contribution is 7.88. The Kier molecular flexibility index (Phi) is 5.21. The monoisotopic (exact) mass is 383 g/mol. The third kappa shape index (κ3) is 4.12.